The van der Waals surface area contributed by atoms with Crippen LogP contribution in [-0.2, 0) is 10.0 Å². The van der Waals surface area contributed by atoms with Crippen LogP contribution in [0.4, 0.5) is 5.82 Å². The highest BCUT2D eigenvalue weighted by molar-refractivity contribution is 7.92. The van der Waals surface area contributed by atoms with E-state index >= 15 is 0 Å². The average Bonchev–Trinajstić information content (AvgIpc) is 2.88. The SMILES string of the molecule is CC(C)Oc1ccc2[nH]nc(-c3ccnc(NS(C)(=O)=O)c3)c2c1. The van der Waals surface area contributed by atoms with E-state index in [0.717, 1.165) is 28.5 Å². The van der Waals surface area contributed by atoms with Crippen molar-refractivity contribution in [2.24, 2.45) is 0 Å². The van der Waals surface area contributed by atoms with E-state index in [-0.39, 0.29) is 11.9 Å². The fourth-order valence-corrected chi connectivity index (χ4v) is 2.87. The second-order valence-electron chi connectivity index (χ2n) is 5.75. The van der Waals surface area contributed by atoms with Gasteiger partial charge in [0.25, 0.3) is 0 Å². The van der Waals surface area contributed by atoms with Crippen LogP contribution in [0.5, 0.6) is 5.75 Å². The van der Waals surface area contributed by atoms with Gasteiger partial charge in [-0.1, -0.05) is 0 Å². The second-order valence-corrected chi connectivity index (χ2v) is 7.50. The number of ether oxygens (including phenoxy) is 1. The number of nitrogens with zero attached hydrogens (tertiary/aromatic N) is 2. The van der Waals surface area contributed by atoms with Crippen molar-refractivity contribution in [1.82, 2.24) is 15.2 Å². The largest absolute Gasteiger partial charge is 0.491 e. The Morgan fingerprint density at radius 1 is 1.21 bits per heavy atom. The van der Waals surface area contributed by atoms with Gasteiger partial charge < -0.3 is 4.74 Å². The van der Waals surface area contributed by atoms with Crippen molar-refractivity contribution >= 4 is 26.7 Å². The summed E-state index contributed by atoms with van der Waals surface area (Å²) < 4.78 is 30.8. The summed E-state index contributed by atoms with van der Waals surface area (Å²) in [5.41, 5.74) is 2.33. The molecular weight excluding hydrogens is 328 g/mol. The molecule has 3 aromatic rings. The van der Waals surface area contributed by atoms with Gasteiger partial charge in [-0.3, -0.25) is 9.82 Å². The molecule has 7 nitrogen and oxygen atoms in total. The molecule has 2 heterocycles. The highest BCUT2D eigenvalue weighted by Crippen LogP contribution is 2.30. The molecule has 0 fully saturated rings. The van der Waals surface area contributed by atoms with E-state index in [0.29, 0.717) is 5.69 Å². The summed E-state index contributed by atoms with van der Waals surface area (Å²) in [5.74, 6) is 1.00. The summed E-state index contributed by atoms with van der Waals surface area (Å²) >= 11 is 0. The number of nitrogens with one attached hydrogen (secondary N) is 2. The van der Waals surface area contributed by atoms with Crippen molar-refractivity contribution in [2.75, 3.05) is 11.0 Å². The van der Waals surface area contributed by atoms with E-state index in [4.69, 9.17) is 4.74 Å². The predicted molar refractivity (Wildman–Crippen MR) is 93.6 cm³/mol. The summed E-state index contributed by atoms with van der Waals surface area (Å²) in [6, 6.07) is 9.12. The Balaban J connectivity index is 2.04. The lowest BCUT2D eigenvalue weighted by Gasteiger charge is -2.09. The van der Waals surface area contributed by atoms with Gasteiger partial charge >= 0.3 is 0 Å². The molecule has 8 heteroatoms. The van der Waals surface area contributed by atoms with E-state index in [1.54, 1.807) is 12.1 Å². The predicted octanol–water partition coefficient (Wildman–Crippen LogP) is 2.78. The number of aromatic nitrogens is 3. The number of H-pyrrole nitrogens is 1. The molecule has 3 rings (SSSR count). The molecule has 0 unspecified atom stereocenters. The summed E-state index contributed by atoms with van der Waals surface area (Å²) in [4.78, 5) is 4.02. The molecule has 0 bridgehead atoms. The van der Waals surface area contributed by atoms with Crippen LogP contribution < -0.4 is 9.46 Å². The molecule has 2 aromatic heterocycles. The second kappa shape index (κ2) is 6.12. The monoisotopic (exact) mass is 346 g/mol. The number of hydrogen-bond acceptors (Lipinski definition) is 5. The first-order chi connectivity index (χ1) is 11.3. The summed E-state index contributed by atoms with van der Waals surface area (Å²) in [7, 11) is -3.39. The number of benzene rings is 1. The van der Waals surface area contributed by atoms with Crippen molar-refractivity contribution < 1.29 is 13.2 Å². The topological polar surface area (TPSA) is 97.0 Å². The van der Waals surface area contributed by atoms with Crippen molar-refractivity contribution in [3.05, 3.63) is 36.5 Å². The Bertz CT molecular complexity index is 980. The zero-order chi connectivity index (χ0) is 17.3. The number of pyridine rings is 1. The van der Waals surface area contributed by atoms with Crippen LogP contribution >= 0.6 is 0 Å². The van der Waals surface area contributed by atoms with Crippen molar-refractivity contribution in [3.63, 3.8) is 0 Å². The number of aromatic amines is 1. The van der Waals surface area contributed by atoms with Crippen LogP contribution in [0.25, 0.3) is 22.2 Å². The molecule has 0 amide bonds. The first kappa shape index (κ1) is 16.3. The van der Waals surface area contributed by atoms with Gasteiger partial charge in [0.2, 0.25) is 10.0 Å². The van der Waals surface area contributed by atoms with Crippen molar-refractivity contribution in [3.8, 4) is 17.0 Å². The lowest BCUT2D eigenvalue weighted by molar-refractivity contribution is 0.243. The molecule has 2 N–H and O–H groups in total. The molecule has 0 saturated carbocycles. The molecule has 24 heavy (non-hydrogen) atoms. The van der Waals surface area contributed by atoms with Crippen LogP contribution in [0.15, 0.2) is 36.5 Å². The first-order valence-electron chi connectivity index (χ1n) is 7.41. The Labute approximate surface area is 140 Å². The van der Waals surface area contributed by atoms with E-state index in [2.05, 4.69) is 19.9 Å². The fourth-order valence-electron chi connectivity index (χ4n) is 2.38. The van der Waals surface area contributed by atoms with Gasteiger partial charge in [0, 0.05) is 17.1 Å². The normalized spacial score (nSPS) is 11.8. The van der Waals surface area contributed by atoms with Gasteiger partial charge in [0.05, 0.1) is 17.9 Å². The summed E-state index contributed by atoms with van der Waals surface area (Å²) in [6.07, 6.45) is 2.70. The molecule has 0 atom stereocenters. The number of rotatable bonds is 5. The maximum Gasteiger partial charge on any atom is 0.230 e. The van der Waals surface area contributed by atoms with Crippen molar-refractivity contribution in [2.45, 2.75) is 20.0 Å². The maximum absolute atomic E-state index is 11.4. The van der Waals surface area contributed by atoms with Crippen LogP contribution in [0.1, 0.15) is 13.8 Å². The third-order valence-corrected chi connectivity index (χ3v) is 3.81. The molecule has 0 spiro atoms. The van der Waals surface area contributed by atoms with Crippen molar-refractivity contribution in [1.29, 1.82) is 0 Å². The Morgan fingerprint density at radius 2 is 2.00 bits per heavy atom. The maximum atomic E-state index is 11.4. The van der Waals surface area contributed by atoms with Crippen LogP contribution in [-0.4, -0.2) is 36.0 Å². The first-order valence-corrected chi connectivity index (χ1v) is 9.30. The molecule has 1 aromatic carbocycles. The van der Waals surface area contributed by atoms with Crippen LogP contribution in [0.3, 0.4) is 0 Å². The van der Waals surface area contributed by atoms with Gasteiger partial charge in [0.1, 0.15) is 17.3 Å². The van der Waals surface area contributed by atoms with E-state index in [9.17, 15) is 8.42 Å². The number of hydrogen-bond donors (Lipinski definition) is 2. The number of anilines is 1. The molecule has 0 aliphatic rings. The minimum atomic E-state index is -3.39. The molecule has 0 saturated heterocycles. The molecule has 0 aliphatic carbocycles. The minimum absolute atomic E-state index is 0.0734. The fraction of sp³-hybridized carbons (Fsp3) is 0.250. The highest BCUT2D eigenvalue weighted by Gasteiger charge is 2.12. The van der Waals surface area contributed by atoms with E-state index in [1.165, 1.54) is 6.20 Å². The smallest absolute Gasteiger partial charge is 0.230 e. The van der Waals surface area contributed by atoms with E-state index < -0.39 is 10.0 Å². The summed E-state index contributed by atoms with van der Waals surface area (Å²) in [6.45, 7) is 3.93. The molecule has 126 valence electrons. The lowest BCUT2D eigenvalue weighted by atomic mass is 10.1. The third-order valence-electron chi connectivity index (χ3n) is 3.23. The average molecular weight is 346 g/mol. The van der Waals surface area contributed by atoms with Gasteiger partial charge in [-0.05, 0) is 44.2 Å². The zero-order valence-corrected chi connectivity index (χ0v) is 14.4. The zero-order valence-electron chi connectivity index (χ0n) is 13.6. The highest BCUT2D eigenvalue weighted by atomic mass is 32.2. The Kier molecular flexibility index (Phi) is 4.15. The van der Waals surface area contributed by atoms with Crippen LogP contribution in [0, 0.1) is 0 Å². The lowest BCUT2D eigenvalue weighted by Crippen LogP contribution is -2.10. The molecule has 0 radical (unpaired) electrons. The minimum Gasteiger partial charge on any atom is -0.491 e. The Hall–Kier alpha value is -2.61. The third kappa shape index (κ3) is 3.65. The standard InChI is InChI=1S/C16H18N4O3S/c1-10(2)23-12-4-5-14-13(9-12)16(19-18-14)11-6-7-17-15(8-11)20-24(3,21)22/h4-10H,1-3H3,(H,17,20)(H,18,19). The summed E-state index contributed by atoms with van der Waals surface area (Å²) in [5, 5.41) is 8.20. The molecule has 0 aliphatic heterocycles. The van der Waals surface area contributed by atoms with E-state index in [1.807, 2.05) is 32.0 Å². The van der Waals surface area contributed by atoms with Gasteiger partial charge in [-0.2, -0.15) is 5.10 Å². The number of fused-ring (bicyclic) bond motifs is 1. The number of sulfonamides is 1. The Morgan fingerprint density at radius 3 is 2.71 bits per heavy atom. The van der Waals surface area contributed by atoms with Gasteiger partial charge in [0.15, 0.2) is 0 Å². The van der Waals surface area contributed by atoms with Gasteiger partial charge in [-0.25, -0.2) is 13.4 Å². The quantitative estimate of drug-likeness (QED) is 0.740. The molecular formula is C16H18N4O3S. The van der Waals surface area contributed by atoms with Crippen LogP contribution in [0.2, 0.25) is 0 Å². The van der Waals surface area contributed by atoms with Gasteiger partial charge in [-0.15, -0.1) is 0 Å².